The Morgan fingerprint density at radius 1 is 1.19 bits per heavy atom. The minimum Gasteiger partial charge on any atom is -0.389 e. The zero-order valence-corrected chi connectivity index (χ0v) is 12.5. The van der Waals surface area contributed by atoms with E-state index in [4.69, 9.17) is 0 Å². The van der Waals surface area contributed by atoms with E-state index in [0.29, 0.717) is 5.56 Å². The Kier molecular flexibility index (Phi) is 5.50. The summed E-state index contributed by atoms with van der Waals surface area (Å²) < 4.78 is 0. The van der Waals surface area contributed by atoms with Gasteiger partial charge in [0.2, 0.25) is 0 Å². The molecule has 1 aromatic heterocycles. The summed E-state index contributed by atoms with van der Waals surface area (Å²) in [4.78, 5) is 15.1. The molecular weight excluding hydrogens is 286 g/mol. The molecule has 0 bridgehead atoms. The number of pyridine rings is 1. The van der Waals surface area contributed by atoms with E-state index in [2.05, 4.69) is 4.98 Å². The lowest BCUT2D eigenvalue weighted by molar-refractivity contribution is -0.109. The summed E-state index contributed by atoms with van der Waals surface area (Å²) >= 11 is 1.00. The van der Waals surface area contributed by atoms with Gasteiger partial charge in [0, 0.05) is 24.4 Å². The summed E-state index contributed by atoms with van der Waals surface area (Å²) in [6.45, 7) is 1.44. The quantitative estimate of drug-likeness (QED) is 0.887. The van der Waals surface area contributed by atoms with E-state index in [-0.39, 0.29) is 10.9 Å². The first-order valence-corrected chi connectivity index (χ1v) is 7.57. The van der Waals surface area contributed by atoms with E-state index in [1.165, 1.54) is 6.92 Å². The highest BCUT2D eigenvalue weighted by Gasteiger charge is 2.19. The second-order valence-corrected chi connectivity index (χ2v) is 5.85. The summed E-state index contributed by atoms with van der Waals surface area (Å²) in [6, 6.07) is 12.9. The van der Waals surface area contributed by atoms with Gasteiger partial charge in [0.15, 0.2) is 5.12 Å². The van der Waals surface area contributed by atoms with Crippen LogP contribution in [-0.4, -0.2) is 32.2 Å². The SMILES string of the molecule is CC(=O)SCC(O)C(O)c1ccc(-c2ccccn2)cc1. The van der Waals surface area contributed by atoms with Gasteiger partial charge >= 0.3 is 0 Å². The maximum absolute atomic E-state index is 10.9. The molecule has 21 heavy (non-hydrogen) atoms. The largest absolute Gasteiger partial charge is 0.389 e. The molecule has 2 aromatic rings. The van der Waals surface area contributed by atoms with Gasteiger partial charge in [-0.1, -0.05) is 42.1 Å². The molecule has 0 aliphatic heterocycles. The number of carbonyl (C=O) groups is 1. The molecule has 110 valence electrons. The summed E-state index contributed by atoms with van der Waals surface area (Å²) in [5, 5.41) is 19.9. The van der Waals surface area contributed by atoms with Crippen LogP contribution in [0.4, 0.5) is 0 Å². The average Bonchev–Trinajstić information content (AvgIpc) is 2.53. The first-order valence-electron chi connectivity index (χ1n) is 6.59. The highest BCUT2D eigenvalue weighted by Crippen LogP contribution is 2.23. The van der Waals surface area contributed by atoms with Crippen molar-refractivity contribution in [3.8, 4) is 11.3 Å². The molecule has 1 heterocycles. The predicted molar refractivity (Wildman–Crippen MR) is 83.8 cm³/mol. The van der Waals surface area contributed by atoms with Crippen LogP contribution in [0.3, 0.4) is 0 Å². The van der Waals surface area contributed by atoms with Crippen molar-refractivity contribution in [2.75, 3.05) is 5.75 Å². The topological polar surface area (TPSA) is 70.4 Å². The predicted octanol–water partition coefficient (Wildman–Crippen LogP) is 2.42. The molecular formula is C16H17NO3S. The van der Waals surface area contributed by atoms with Crippen molar-refractivity contribution in [3.63, 3.8) is 0 Å². The van der Waals surface area contributed by atoms with Crippen LogP contribution in [0.5, 0.6) is 0 Å². The average molecular weight is 303 g/mol. The third kappa shape index (κ3) is 4.39. The van der Waals surface area contributed by atoms with Gasteiger partial charge in [0.25, 0.3) is 0 Å². The van der Waals surface area contributed by atoms with Crippen LogP contribution in [0.15, 0.2) is 48.7 Å². The van der Waals surface area contributed by atoms with E-state index in [9.17, 15) is 15.0 Å². The molecule has 2 unspecified atom stereocenters. The van der Waals surface area contributed by atoms with Crippen LogP contribution >= 0.6 is 11.8 Å². The first-order chi connectivity index (χ1) is 10.1. The molecule has 0 radical (unpaired) electrons. The van der Waals surface area contributed by atoms with Crippen molar-refractivity contribution in [2.45, 2.75) is 19.1 Å². The third-order valence-corrected chi connectivity index (χ3v) is 3.95. The number of aliphatic hydroxyl groups is 2. The van der Waals surface area contributed by atoms with Gasteiger partial charge in [-0.25, -0.2) is 0 Å². The molecule has 2 N–H and O–H groups in total. The Bertz CT molecular complexity index is 586. The standard InChI is InChI=1S/C16H17NO3S/c1-11(18)21-10-15(19)16(20)13-7-5-12(6-8-13)14-4-2-3-9-17-14/h2-9,15-16,19-20H,10H2,1H3. The molecule has 5 heteroatoms. The number of aromatic nitrogens is 1. The zero-order valence-electron chi connectivity index (χ0n) is 11.6. The van der Waals surface area contributed by atoms with Gasteiger partial charge < -0.3 is 10.2 Å². The minimum absolute atomic E-state index is 0.0771. The molecule has 0 amide bonds. The lowest BCUT2D eigenvalue weighted by Crippen LogP contribution is -2.21. The number of benzene rings is 1. The lowest BCUT2D eigenvalue weighted by Gasteiger charge is -2.17. The molecule has 0 spiro atoms. The van der Waals surface area contributed by atoms with Crippen LogP contribution in [0.1, 0.15) is 18.6 Å². The third-order valence-electron chi connectivity index (χ3n) is 3.03. The van der Waals surface area contributed by atoms with Crippen molar-refractivity contribution < 1.29 is 15.0 Å². The molecule has 1 aromatic carbocycles. The van der Waals surface area contributed by atoms with Gasteiger partial charge in [-0.3, -0.25) is 9.78 Å². The Morgan fingerprint density at radius 3 is 2.48 bits per heavy atom. The number of thioether (sulfide) groups is 1. The van der Waals surface area contributed by atoms with Crippen LogP contribution in [-0.2, 0) is 4.79 Å². The normalized spacial score (nSPS) is 13.7. The van der Waals surface area contributed by atoms with Crippen molar-refractivity contribution in [3.05, 3.63) is 54.2 Å². The van der Waals surface area contributed by atoms with Crippen molar-refractivity contribution >= 4 is 16.9 Å². The van der Waals surface area contributed by atoms with E-state index >= 15 is 0 Å². The van der Waals surface area contributed by atoms with E-state index in [1.807, 2.05) is 30.3 Å². The van der Waals surface area contributed by atoms with Crippen LogP contribution < -0.4 is 0 Å². The molecule has 0 fully saturated rings. The number of hydrogen-bond donors (Lipinski definition) is 2. The van der Waals surface area contributed by atoms with Gasteiger partial charge in [-0.2, -0.15) is 0 Å². The smallest absolute Gasteiger partial charge is 0.185 e. The monoisotopic (exact) mass is 303 g/mol. The number of nitrogens with zero attached hydrogens (tertiary/aromatic N) is 1. The molecule has 4 nitrogen and oxygen atoms in total. The molecule has 2 atom stereocenters. The fraction of sp³-hybridized carbons (Fsp3) is 0.250. The first kappa shape index (κ1) is 15.7. The highest BCUT2D eigenvalue weighted by molar-refractivity contribution is 8.13. The van der Waals surface area contributed by atoms with E-state index < -0.39 is 12.2 Å². The summed E-state index contributed by atoms with van der Waals surface area (Å²) in [6.07, 6.45) is -0.255. The molecule has 0 saturated carbocycles. The van der Waals surface area contributed by atoms with Crippen LogP contribution in [0.25, 0.3) is 11.3 Å². The van der Waals surface area contributed by atoms with E-state index in [0.717, 1.165) is 23.0 Å². The Hall–Kier alpha value is -1.69. The number of hydrogen-bond acceptors (Lipinski definition) is 5. The minimum atomic E-state index is -1.00. The maximum Gasteiger partial charge on any atom is 0.185 e. The Balaban J connectivity index is 2.06. The summed E-state index contributed by atoms with van der Waals surface area (Å²) in [7, 11) is 0. The molecule has 0 aliphatic carbocycles. The number of aliphatic hydroxyl groups excluding tert-OH is 2. The van der Waals surface area contributed by atoms with Crippen molar-refractivity contribution in [1.82, 2.24) is 4.98 Å². The fourth-order valence-electron chi connectivity index (χ4n) is 1.90. The maximum atomic E-state index is 10.9. The van der Waals surface area contributed by atoms with Crippen molar-refractivity contribution in [2.24, 2.45) is 0 Å². The molecule has 0 saturated heterocycles. The Labute approximate surface area is 127 Å². The lowest BCUT2D eigenvalue weighted by atomic mass is 10.0. The number of rotatable bonds is 5. The van der Waals surface area contributed by atoms with Crippen LogP contribution in [0.2, 0.25) is 0 Å². The second kappa shape index (κ2) is 7.36. The number of carbonyl (C=O) groups excluding carboxylic acids is 1. The van der Waals surface area contributed by atoms with Gasteiger partial charge in [0.1, 0.15) is 6.10 Å². The second-order valence-electron chi connectivity index (χ2n) is 4.65. The van der Waals surface area contributed by atoms with Gasteiger partial charge in [0.05, 0.1) is 11.8 Å². The van der Waals surface area contributed by atoms with Crippen LogP contribution in [0, 0.1) is 0 Å². The van der Waals surface area contributed by atoms with Gasteiger partial charge in [-0.15, -0.1) is 0 Å². The summed E-state index contributed by atoms with van der Waals surface area (Å²) in [5.74, 6) is 0.179. The summed E-state index contributed by atoms with van der Waals surface area (Å²) in [5.41, 5.74) is 2.41. The molecule has 0 aliphatic rings. The Morgan fingerprint density at radius 2 is 1.90 bits per heavy atom. The van der Waals surface area contributed by atoms with Crippen molar-refractivity contribution in [1.29, 1.82) is 0 Å². The molecule has 2 rings (SSSR count). The zero-order chi connectivity index (χ0) is 15.2. The van der Waals surface area contributed by atoms with E-state index in [1.54, 1.807) is 18.3 Å². The van der Waals surface area contributed by atoms with Gasteiger partial charge in [-0.05, 0) is 17.7 Å². The highest BCUT2D eigenvalue weighted by atomic mass is 32.2. The fourth-order valence-corrected chi connectivity index (χ4v) is 2.49.